The molecule has 2 atom stereocenters. The summed E-state index contributed by atoms with van der Waals surface area (Å²) in [5.41, 5.74) is 1.77. The van der Waals surface area contributed by atoms with E-state index in [1.54, 1.807) is 43.3 Å². The van der Waals surface area contributed by atoms with Gasteiger partial charge in [-0.3, -0.25) is 9.59 Å². The Morgan fingerprint density at radius 3 is 1.97 bits per heavy atom. The highest BCUT2D eigenvalue weighted by atomic mass is 19.1. The van der Waals surface area contributed by atoms with E-state index >= 15 is 0 Å². The number of nitrogens with one attached hydrogen (secondary N) is 1. The summed E-state index contributed by atoms with van der Waals surface area (Å²) in [5, 5.41) is 23.3. The molecule has 6 nitrogen and oxygen atoms in total. The number of unbranched alkanes of at least 4 members (excludes halogenated alkanes) is 1. The van der Waals surface area contributed by atoms with Crippen LogP contribution in [0.5, 0.6) is 11.5 Å². The van der Waals surface area contributed by atoms with E-state index in [1.165, 1.54) is 30.3 Å². The number of ketones is 2. The molecule has 3 aromatic rings. The lowest BCUT2D eigenvalue weighted by molar-refractivity contribution is 0.0568. The molecule has 3 N–H and O–H groups in total. The van der Waals surface area contributed by atoms with Gasteiger partial charge >= 0.3 is 0 Å². The van der Waals surface area contributed by atoms with E-state index < -0.39 is 17.8 Å². The van der Waals surface area contributed by atoms with Crippen molar-refractivity contribution < 1.29 is 24.2 Å². The zero-order valence-corrected chi connectivity index (χ0v) is 21.9. The summed E-state index contributed by atoms with van der Waals surface area (Å²) < 4.78 is 14.8. The predicted octanol–water partition coefficient (Wildman–Crippen LogP) is 4.94. The van der Waals surface area contributed by atoms with Crippen LogP contribution in [0.25, 0.3) is 0 Å². The Kier molecular flexibility index (Phi) is 8.92. The summed E-state index contributed by atoms with van der Waals surface area (Å²) in [6.07, 6.45) is 1.85. The summed E-state index contributed by atoms with van der Waals surface area (Å²) in [7, 11) is 1.90. The van der Waals surface area contributed by atoms with Crippen molar-refractivity contribution in [3.63, 3.8) is 0 Å². The largest absolute Gasteiger partial charge is 0.508 e. The molecule has 1 heterocycles. The molecule has 1 aliphatic rings. The van der Waals surface area contributed by atoms with E-state index in [9.17, 15) is 24.2 Å². The number of hydrogen-bond donors (Lipinski definition) is 3. The molecule has 38 heavy (non-hydrogen) atoms. The number of rotatable bonds is 10. The summed E-state index contributed by atoms with van der Waals surface area (Å²) in [6.45, 7) is 4.10. The van der Waals surface area contributed by atoms with Gasteiger partial charge in [-0.05, 0) is 81.4 Å². The molecule has 1 fully saturated rings. The highest BCUT2D eigenvalue weighted by Crippen LogP contribution is 2.42. The van der Waals surface area contributed by atoms with Gasteiger partial charge in [-0.1, -0.05) is 36.4 Å². The van der Waals surface area contributed by atoms with Crippen molar-refractivity contribution in [2.24, 2.45) is 11.8 Å². The minimum Gasteiger partial charge on any atom is -0.508 e. The number of phenols is 2. The summed E-state index contributed by atoms with van der Waals surface area (Å²) in [4.78, 5) is 30.2. The minimum atomic E-state index is -0.637. The molecule has 1 aliphatic heterocycles. The van der Waals surface area contributed by atoms with Crippen LogP contribution in [-0.2, 0) is 0 Å². The number of aromatic hydroxyl groups is 2. The van der Waals surface area contributed by atoms with Gasteiger partial charge in [-0.2, -0.15) is 0 Å². The molecule has 0 unspecified atom stereocenters. The molecule has 0 saturated carbocycles. The number of hydrogen-bond acceptors (Lipinski definition) is 6. The molecule has 7 heteroatoms. The first-order chi connectivity index (χ1) is 18.3. The number of piperidine rings is 1. The Hall–Kier alpha value is -3.55. The molecule has 1 saturated heterocycles. The van der Waals surface area contributed by atoms with E-state index in [0.29, 0.717) is 41.9 Å². The van der Waals surface area contributed by atoms with Crippen LogP contribution in [0.4, 0.5) is 4.39 Å². The van der Waals surface area contributed by atoms with Crippen LogP contribution in [-0.4, -0.2) is 59.9 Å². The third-order valence-electron chi connectivity index (χ3n) is 7.53. The maximum absolute atomic E-state index is 14.8. The van der Waals surface area contributed by atoms with Crippen LogP contribution in [0, 0.1) is 24.6 Å². The highest BCUT2D eigenvalue weighted by molar-refractivity contribution is 6.02. The number of likely N-dealkylation sites (tertiary alicyclic amines) is 1. The normalized spacial score (nSPS) is 18.4. The first kappa shape index (κ1) is 27.5. The first-order valence-corrected chi connectivity index (χ1v) is 13.1. The number of halogens is 1. The lowest BCUT2D eigenvalue weighted by Gasteiger charge is -2.43. The summed E-state index contributed by atoms with van der Waals surface area (Å²) >= 11 is 0. The average Bonchev–Trinajstić information content (AvgIpc) is 2.91. The van der Waals surface area contributed by atoms with E-state index in [-0.39, 0.29) is 28.9 Å². The van der Waals surface area contributed by atoms with Gasteiger partial charge in [0.05, 0.1) is 0 Å². The second-order valence-corrected chi connectivity index (χ2v) is 10.1. The second kappa shape index (κ2) is 12.3. The van der Waals surface area contributed by atoms with Crippen molar-refractivity contribution in [3.8, 4) is 11.5 Å². The smallest absolute Gasteiger partial charge is 0.167 e. The highest BCUT2D eigenvalue weighted by Gasteiger charge is 2.45. The molecule has 4 rings (SSSR count). The molecular formula is C31H35FN2O4. The zero-order chi connectivity index (χ0) is 27.2. The second-order valence-electron chi connectivity index (χ2n) is 10.1. The van der Waals surface area contributed by atoms with E-state index in [2.05, 4.69) is 10.2 Å². The van der Waals surface area contributed by atoms with Crippen molar-refractivity contribution in [3.05, 3.63) is 94.8 Å². The van der Waals surface area contributed by atoms with Gasteiger partial charge in [-0.15, -0.1) is 0 Å². The van der Waals surface area contributed by atoms with Gasteiger partial charge in [-0.25, -0.2) is 4.39 Å². The van der Waals surface area contributed by atoms with Crippen LogP contribution < -0.4 is 5.32 Å². The van der Waals surface area contributed by atoms with Gasteiger partial charge in [0, 0.05) is 42.0 Å². The Morgan fingerprint density at radius 1 is 0.895 bits per heavy atom. The Morgan fingerprint density at radius 2 is 1.45 bits per heavy atom. The zero-order valence-electron chi connectivity index (χ0n) is 21.9. The number of nitrogens with zero attached hydrogens (tertiary/aromatic N) is 1. The number of carbonyl (C=O) groups excluding carboxylic acids is 2. The van der Waals surface area contributed by atoms with Crippen LogP contribution >= 0.6 is 0 Å². The van der Waals surface area contributed by atoms with E-state index in [4.69, 9.17) is 0 Å². The molecule has 0 aromatic heterocycles. The molecule has 0 radical (unpaired) electrons. The topological polar surface area (TPSA) is 89.9 Å². The van der Waals surface area contributed by atoms with E-state index in [0.717, 1.165) is 19.4 Å². The first-order valence-electron chi connectivity index (χ1n) is 13.1. The lowest BCUT2D eigenvalue weighted by Crippen LogP contribution is -2.50. The van der Waals surface area contributed by atoms with Crippen LogP contribution in [0.3, 0.4) is 0 Å². The number of carbonyl (C=O) groups is 2. The van der Waals surface area contributed by atoms with Gasteiger partial charge in [0.2, 0.25) is 0 Å². The standard InChI is InChI=1S/C31H35FN2O4/c1-20-25(12-7-13-28(20)32)29-26(30(37)21-8-5-10-23(35)16-21)18-34(15-4-3-14-33-2)19-27(29)31(38)22-9-6-11-24(36)17-22/h5-13,16-17,26-27,29,33,35-36H,3-4,14-15,18-19H2,1-2H3/t26-,27-/m0/s1. The molecule has 0 amide bonds. The molecule has 200 valence electrons. The SMILES string of the molecule is CNCCCCN1C[C@H](C(=O)c2cccc(O)c2)C(c2cccc(F)c2C)[C@@H](C(=O)c2cccc(O)c2)C1. The minimum absolute atomic E-state index is 0.0125. The summed E-state index contributed by atoms with van der Waals surface area (Å²) in [6, 6.07) is 17.3. The fourth-order valence-electron chi connectivity index (χ4n) is 5.62. The van der Waals surface area contributed by atoms with Crippen molar-refractivity contribution in [1.29, 1.82) is 0 Å². The Labute approximate surface area is 223 Å². The maximum Gasteiger partial charge on any atom is 0.167 e. The van der Waals surface area contributed by atoms with Crippen molar-refractivity contribution in [1.82, 2.24) is 10.2 Å². The van der Waals surface area contributed by atoms with Gasteiger partial charge in [0.25, 0.3) is 0 Å². The number of Topliss-reactive ketones (excluding diaryl/α,β-unsaturated/α-hetero) is 2. The molecule has 0 spiro atoms. The van der Waals surface area contributed by atoms with E-state index in [1.807, 2.05) is 7.05 Å². The lowest BCUT2D eigenvalue weighted by atomic mass is 9.67. The monoisotopic (exact) mass is 518 g/mol. The third-order valence-corrected chi connectivity index (χ3v) is 7.53. The van der Waals surface area contributed by atoms with Crippen LogP contribution in [0.15, 0.2) is 66.7 Å². The van der Waals surface area contributed by atoms with Crippen molar-refractivity contribution >= 4 is 11.6 Å². The fourth-order valence-corrected chi connectivity index (χ4v) is 5.62. The van der Waals surface area contributed by atoms with Crippen LogP contribution in [0.2, 0.25) is 0 Å². The number of phenolic OH excluding ortho intramolecular Hbond substituents is 2. The number of benzene rings is 3. The summed E-state index contributed by atoms with van der Waals surface area (Å²) in [5.74, 6) is -2.65. The van der Waals surface area contributed by atoms with Gasteiger partial charge in [0.15, 0.2) is 11.6 Å². The quantitative estimate of drug-likeness (QED) is 0.260. The van der Waals surface area contributed by atoms with Gasteiger partial charge in [0.1, 0.15) is 17.3 Å². The van der Waals surface area contributed by atoms with Gasteiger partial charge < -0.3 is 20.4 Å². The van der Waals surface area contributed by atoms with Crippen LogP contribution in [0.1, 0.15) is 50.6 Å². The molecule has 3 aromatic carbocycles. The third kappa shape index (κ3) is 6.11. The molecule has 0 aliphatic carbocycles. The van der Waals surface area contributed by atoms with Crippen molar-refractivity contribution in [2.45, 2.75) is 25.7 Å². The molecular weight excluding hydrogens is 483 g/mol. The van der Waals surface area contributed by atoms with Crippen molar-refractivity contribution in [2.75, 3.05) is 33.2 Å². The average molecular weight is 519 g/mol. The maximum atomic E-state index is 14.8. The Bertz CT molecular complexity index is 1230. The Balaban J connectivity index is 1.81. The predicted molar refractivity (Wildman–Crippen MR) is 145 cm³/mol. The fraction of sp³-hybridized carbons (Fsp3) is 0.355. The molecule has 0 bridgehead atoms.